The molecule has 0 radical (unpaired) electrons. The van der Waals surface area contributed by atoms with Crippen molar-refractivity contribution in [3.8, 4) is 17.2 Å². The number of methoxy groups -OCH3 is 3. The Morgan fingerprint density at radius 2 is 1.33 bits per heavy atom. The predicted molar refractivity (Wildman–Crippen MR) is 118 cm³/mol. The molecule has 0 saturated carbocycles. The highest BCUT2D eigenvalue weighted by molar-refractivity contribution is 5.92. The van der Waals surface area contributed by atoms with Gasteiger partial charge in [-0.15, -0.1) is 0 Å². The third-order valence-electron chi connectivity index (χ3n) is 4.76. The van der Waals surface area contributed by atoms with Crippen molar-refractivity contribution >= 4 is 12.0 Å². The van der Waals surface area contributed by atoms with Gasteiger partial charge >= 0.3 is 0 Å². The van der Waals surface area contributed by atoms with Crippen LogP contribution in [0.4, 0.5) is 0 Å². The molecular weight excluding hydrogens is 378 g/mol. The van der Waals surface area contributed by atoms with Gasteiger partial charge in [0.05, 0.1) is 33.8 Å². The Morgan fingerprint density at radius 1 is 0.833 bits per heavy atom. The van der Waals surface area contributed by atoms with Crippen LogP contribution in [0.1, 0.15) is 22.6 Å². The second-order valence-corrected chi connectivity index (χ2v) is 6.65. The van der Waals surface area contributed by atoms with Gasteiger partial charge in [0.2, 0.25) is 5.75 Å². The molecular formula is C25H25NO4. The molecule has 3 aromatic carbocycles. The molecule has 3 aromatic rings. The maximum absolute atomic E-state index is 13.1. The first kappa shape index (κ1) is 21.1. The molecule has 0 aliphatic carbocycles. The molecule has 0 amide bonds. The molecule has 3 rings (SSSR count). The van der Waals surface area contributed by atoms with Gasteiger partial charge in [-0.3, -0.25) is 9.79 Å². The number of ketones is 1. The number of aliphatic imine (C=N–C) groups is 1. The van der Waals surface area contributed by atoms with E-state index in [-0.39, 0.29) is 18.2 Å². The number of carbonyl (C=O) groups excluding carboxylic acids is 1. The monoisotopic (exact) mass is 403 g/mol. The zero-order chi connectivity index (χ0) is 21.3. The van der Waals surface area contributed by atoms with Crippen molar-refractivity contribution in [3.63, 3.8) is 0 Å². The van der Waals surface area contributed by atoms with E-state index in [0.717, 1.165) is 16.7 Å². The molecule has 0 fully saturated rings. The average Bonchev–Trinajstić information content (AvgIpc) is 2.80. The van der Waals surface area contributed by atoms with Gasteiger partial charge in [0.1, 0.15) is 0 Å². The van der Waals surface area contributed by atoms with Crippen molar-refractivity contribution in [1.82, 2.24) is 0 Å². The van der Waals surface area contributed by atoms with E-state index in [9.17, 15) is 4.79 Å². The fourth-order valence-electron chi connectivity index (χ4n) is 3.36. The highest BCUT2D eigenvalue weighted by atomic mass is 16.5. The van der Waals surface area contributed by atoms with Crippen molar-refractivity contribution in [2.24, 2.45) is 4.99 Å². The normalized spacial score (nSPS) is 10.9. The highest BCUT2D eigenvalue weighted by Crippen LogP contribution is 2.37. The minimum atomic E-state index is -0.357. The Hall–Kier alpha value is -3.60. The second kappa shape index (κ2) is 10.3. The maximum atomic E-state index is 13.1. The van der Waals surface area contributed by atoms with E-state index in [1.807, 2.05) is 60.7 Å². The van der Waals surface area contributed by atoms with Gasteiger partial charge in [0.15, 0.2) is 17.3 Å². The number of carbonyl (C=O) groups is 1. The fraction of sp³-hybridized carbons (Fsp3) is 0.200. The van der Waals surface area contributed by atoms with Crippen molar-refractivity contribution < 1.29 is 19.0 Å². The van der Waals surface area contributed by atoms with E-state index < -0.39 is 0 Å². The predicted octanol–water partition coefficient (Wildman–Crippen LogP) is 4.53. The van der Waals surface area contributed by atoms with Crippen LogP contribution in [0, 0.1) is 0 Å². The molecule has 0 atom stereocenters. The molecule has 154 valence electrons. The third-order valence-corrected chi connectivity index (χ3v) is 4.76. The number of Topliss-reactive ketones (excluding diaryl/α,β-unsaturated/α-hetero) is 1. The lowest BCUT2D eigenvalue weighted by molar-refractivity contribution is -0.118. The Kier molecular flexibility index (Phi) is 7.22. The molecule has 0 N–H and O–H groups in total. The van der Waals surface area contributed by atoms with E-state index in [4.69, 9.17) is 14.2 Å². The van der Waals surface area contributed by atoms with Crippen LogP contribution in [0.5, 0.6) is 17.2 Å². The highest BCUT2D eigenvalue weighted by Gasteiger charge is 2.21. The summed E-state index contributed by atoms with van der Waals surface area (Å²) < 4.78 is 16.1. The number of nitrogens with zero attached hydrogens (tertiary/aromatic N) is 1. The Labute approximate surface area is 176 Å². The SMILES string of the molecule is COc1cc(C=NCC(=O)C(c2ccccc2)c2ccccc2)cc(OC)c1OC. The maximum Gasteiger partial charge on any atom is 0.203 e. The molecule has 0 saturated heterocycles. The zero-order valence-electron chi connectivity index (χ0n) is 17.4. The van der Waals surface area contributed by atoms with Crippen LogP contribution in [0.3, 0.4) is 0 Å². The smallest absolute Gasteiger partial charge is 0.203 e. The number of hydrogen-bond acceptors (Lipinski definition) is 5. The summed E-state index contributed by atoms with van der Waals surface area (Å²) in [4.78, 5) is 17.5. The van der Waals surface area contributed by atoms with E-state index in [1.54, 1.807) is 39.7 Å². The van der Waals surface area contributed by atoms with Crippen LogP contribution in [-0.4, -0.2) is 39.9 Å². The van der Waals surface area contributed by atoms with Gasteiger partial charge < -0.3 is 14.2 Å². The quantitative estimate of drug-likeness (QED) is 0.493. The van der Waals surface area contributed by atoms with Gasteiger partial charge in [0.25, 0.3) is 0 Å². The summed E-state index contributed by atoms with van der Waals surface area (Å²) in [7, 11) is 4.68. The molecule has 5 heteroatoms. The molecule has 0 aliphatic rings. The molecule has 0 bridgehead atoms. The van der Waals surface area contributed by atoms with Crippen LogP contribution in [0.25, 0.3) is 0 Å². The van der Waals surface area contributed by atoms with Gasteiger partial charge in [0, 0.05) is 6.21 Å². The van der Waals surface area contributed by atoms with Crippen LogP contribution < -0.4 is 14.2 Å². The lowest BCUT2D eigenvalue weighted by Gasteiger charge is -2.16. The molecule has 0 heterocycles. The summed E-state index contributed by atoms with van der Waals surface area (Å²) >= 11 is 0. The van der Waals surface area contributed by atoms with Gasteiger partial charge in [-0.05, 0) is 28.8 Å². The Morgan fingerprint density at radius 3 is 1.77 bits per heavy atom. The lowest BCUT2D eigenvalue weighted by Crippen LogP contribution is -2.17. The number of hydrogen-bond donors (Lipinski definition) is 0. The minimum absolute atomic E-state index is 0.0242. The zero-order valence-corrected chi connectivity index (χ0v) is 17.4. The topological polar surface area (TPSA) is 57.1 Å². The van der Waals surface area contributed by atoms with Crippen LogP contribution in [0.15, 0.2) is 77.8 Å². The van der Waals surface area contributed by atoms with E-state index in [2.05, 4.69) is 4.99 Å². The number of rotatable bonds is 9. The second-order valence-electron chi connectivity index (χ2n) is 6.65. The first-order chi connectivity index (χ1) is 14.7. The molecule has 5 nitrogen and oxygen atoms in total. The first-order valence-corrected chi connectivity index (χ1v) is 9.60. The average molecular weight is 403 g/mol. The molecule has 0 aliphatic heterocycles. The van der Waals surface area contributed by atoms with Crippen molar-refractivity contribution in [3.05, 3.63) is 89.5 Å². The molecule has 0 aromatic heterocycles. The third kappa shape index (κ3) is 4.87. The summed E-state index contributed by atoms with van der Waals surface area (Å²) in [5.74, 6) is 1.26. The fourth-order valence-corrected chi connectivity index (χ4v) is 3.36. The number of benzene rings is 3. The summed E-state index contributed by atoms with van der Waals surface area (Å²) in [5, 5.41) is 0. The van der Waals surface area contributed by atoms with Gasteiger partial charge in [-0.25, -0.2) is 0 Å². The van der Waals surface area contributed by atoms with Crippen molar-refractivity contribution in [1.29, 1.82) is 0 Å². The first-order valence-electron chi connectivity index (χ1n) is 9.60. The van der Waals surface area contributed by atoms with Crippen molar-refractivity contribution in [2.45, 2.75) is 5.92 Å². The van der Waals surface area contributed by atoms with Crippen LogP contribution in [-0.2, 0) is 4.79 Å². The van der Waals surface area contributed by atoms with E-state index in [1.165, 1.54) is 0 Å². The van der Waals surface area contributed by atoms with Gasteiger partial charge in [-0.1, -0.05) is 60.7 Å². The summed E-state index contributed by atoms with van der Waals surface area (Å²) in [6.45, 7) is 0.0606. The molecule has 0 unspecified atom stereocenters. The molecule has 30 heavy (non-hydrogen) atoms. The van der Waals surface area contributed by atoms with Crippen LogP contribution in [0.2, 0.25) is 0 Å². The summed E-state index contributed by atoms with van der Waals surface area (Å²) in [6.07, 6.45) is 1.65. The largest absolute Gasteiger partial charge is 0.493 e. The standard InChI is InChI=1S/C25H25NO4/c1-28-22-14-18(15-23(29-2)25(22)30-3)16-26-17-21(27)24(19-10-6-4-7-11-19)20-12-8-5-9-13-20/h4-16,24H,17H2,1-3H3. The Balaban J connectivity index is 1.83. The lowest BCUT2D eigenvalue weighted by atomic mass is 9.88. The summed E-state index contributed by atoms with van der Waals surface area (Å²) in [5.41, 5.74) is 2.67. The van der Waals surface area contributed by atoms with Crippen molar-refractivity contribution in [2.75, 3.05) is 27.9 Å². The minimum Gasteiger partial charge on any atom is -0.493 e. The summed E-state index contributed by atoms with van der Waals surface area (Å²) in [6, 6.07) is 23.1. The van der Waals surface area contributed by atoms with E-state index in [0.29, 0.717) is 17.2 Å². The Bertz CT molecular complexity index is 936. The molecule has 0 spiro atoms. The number of ether oxygens (including phenoxy) is 3. The van der Waals surface area contributed by atoms with Gasteiger partial charge in [-0.2, -0.15) is 0 Å². The van der Waals surface area contributed by atoms with E-state index >= 15 is 0 Å². The van der Waals surface area contributed by atoms with Crippen LogP contribution >= 0.6 is 0 Å².